The number of aryl methyl sites for hydroxylation is 1. The van der Waals surface area contributed by atoms with Gasteiger partial charge in [-0.1, -0.05) is 12.1 Å². The SMILES string of the molecule is CC(=O)NC[C@H]1CN(c2ccc(C3=CCN(C(C)=O)CC3)cc2C)C(=O)O1. The summed E-state index contributed by atoms with van der Waals surface area (Å²) >= 11 is 0. The van der Waals surface area contributed by atoms with Crippen LogP contribution in [0.3, 0.4) is 0 Å². The Hall–Kier alpha value is -2.83. The largest absolute Gasteiger partial charge is 0.442 e. The highest BCUT2D eigenvalue weighted by Gasteiger charge is 2.33. The number of cyclic esters (lactones) is 1. The highest BCUT2D eigenvalue weighted by atomic mass is 16.6. The van der Waals surface area contributed by atoms with Gasteiger partial charge < -0.3 is 15.0 Å². The molecule has 1 saturated heterocycles. The molecule has 0 saturated carbocycles. The van der Waals surface area contributed by atoms with Crippen LogP contribution in [0.5, 0.6) is 0 Å². The van der Waals surface area contributed by atoms with Crippen LogP contribution in [0.1, 0.15) is 31.4 Å². The molecule has 0 bridgehead atoms. The summed E-state index contributed by atoms with van der Waals surface area (Å²) in [5.41, 5.74) is 4.13. The average Bonchev–Trinajstić information content (AvgIpc) is 3.00. The molecule has 1 aromatic rings. The van der Waals surface area contributed by atoms with E-state index in [1.165, 1.54) is 12.5 Å². The fourth-order valence-corrected chi connectivity index (χ4v) is 3.46. The number of hydrogen-bond donors (Lipinski definition) is 1. The molecule has 3 amide bonds. The monoisotopic (exact) mass is 371 g/mol. The van der Waals surface area contributed by atoms with E-state index in [1.807, 2.05) is 24.0 Å². The van der Waals surface area contributed by atoms with E-state index in [1.54, 1.807) is 11.8 Å². The van der Waals surface area contributed by atoms with Gasteiger partial charge in [-0.25, -0.2) is 4.79 Å². The number of carbonyl (C=O) groups excluding carboxylic acids is 3. The van der Waals surface area contributed by atoms with Crippen LogP contribution in [-0.2, 0) is 14.3 Å². The van der Waals surface area contributed by atoms with Crippen molar-refractivity contribution in [1.82, 2.24) is 10.2 Å². The minimum absolute atomic E-state index is 0.0955. The fourth-order valence-electron chi connectivity index (χ4n) is 3.46. The van der Waals surface area contributed by atoms with Gasteiger partial charge in [0.2, 0.25) is 11.8 Å². The standard InChI is InChI=1S/C20H25N3O4/c1-13-10-17(16-6-8-22(9-7-16)15(3)25)4-5-19(13)23-12-18(27-20(23)26)11-21-14(2)24/h4-6,10,18H,7-9,11-12H2,1-3H3,(H,21,24)/t18-/m0/s1. The molecule has 1 N–H and O–H groups in total. The first kappa shape index (κ1) is 18.9. The van der Waals surface area contributed by atoms with Gasteiger partial charge in [-0.05, 0) is 42.2 Å². The molecule has 0 radical (unpaired) electrons. The molecular weight excluding hydrogens is 346 g/mol. The molecule has 1 fully saturated rings. The smallest absolute Gasteiger partial charge is 0.414 e. The number of rotatable bonds is 4. The summed E-state index contributed by atoms with van der Waals surface area (Å²) < 4.78 is 5.34. The average molecular weight is 371 g/mol. The molecule has 27 heavy (non-hydrogen) atoms. The van der Waals surface area contributed by atoms with Crippen molar-refractivity contribution in [2.75, 3.05) is 31.1 Å². The van der Waals surface area contributed by atoms with Gasteiger partial charge in [-0.3, -0.25) is 14.5 Å². The third-order valence-electron chi connectivity index (χ3n) is 4.97. The second-order valence-corrected chi connectivity index (χ2v) is 7.00. The molecule has 2 aliphatic heterocycles. The molecule has 0 aliphatic carbocycles. The summed E-state index contributed by atoms with van der Waals surface area (Å²) in [5, 5.41) is 2.68. The van der Waals surface area contributed by atoms with E-state index in [9.17, 15) is 14.4 Å². The van der Waals surface area contributed by atoms with Crippen LogP contribution in [0.15, 0.2) is 24.3 Å². The Morgan fingerprint density at radius 1 is 1.30 bits per heavy atom. The normalized spacial score (nSPS) is 19.6. The number of hydrogen-bond acceptors (Lipinski definition) is 4. The van der Waals surface area contributed by atoms with Gasteiger partial charge in [0.25, 0.3) is 0 Å². The Labute approximate surface area is 159 Å². The van der Waals surface area contributed by atoms with Crippen molar-refractivity contribution >= 4 is 29.2 Å². The lowest BCUT2D eigenvalue weighted by molar-refractivity contribution is -0.128. The van der Waals surface area contributed by atoms with Crippen LogP contribution in [0, 0.1) is 6.92 Å². The lowest BCUT2D eigenvalue weighted by Crippen LogP contribution is -2.33. The number of nitrogens with one attached hydrogen (secondary N) is 1. The number of nitrogens with zero attached hydrogens (tertiary/aromatic N) is 2. The molecule has 2 heterocycles. The minimum Gasteiger partial charge on any atom is -0.442 e. The van der Waals surface area contributed by atoms with Crippen LogP contribution in [0.4, 0.5) is 10.5 Å². The summed E-state index contributed by atoms with van der Waals surface area (Å²) in [6.07, 6.45) is 2.17. The maximum atomic E-state index is 12.2. The zero-order chi connectivity index (χ0) is 19.6. The molecule has 0 spiro atoms. The highest BCUT2D eigenvalue weighted by Crippen LogP contribution is 2.30. The Morgan fingerprint density at radius 3 is 2.67 bits per heavy atom. The van der Waals surface area contributed by atoms with Crippen molar-refractivity contribution in [2.45, 2.75) is 33.3 Å². The van der Waals surface area contributed by atoms with Crippen LogP contribution in [-0.4, -0.2) is 55.1 Å². The van der Waals surface area contributed by atoms with Crippen molar-refractivity contribution < 1.29 is 19.1 Å². The first-order valence-corrected chi connectivity index (χ1v) is 9.13. The van der Waals surface area contributed by atoms with Gasteiger partial charge in [-0.2, -0.15) is 0 Å². The van der Waals surface area contributed by atoms with E-state index in [-0.39, 0.29) is 17.9 Å². The minimum atomic E-state index is -0.393. The summed E-state index contributed by atoms with van der Waals surface area (Å²) in [7, 11) is 0. The molecule has 7 heteroatoms. The highest BCUT2D eigenvalue weighted by molar-refractivity contribution is 5.91. The van der Waals surface area contributed by atoms with Crippen molar-refractivity contribution in [3.8, 4) is 0 Å². The van der Waals surface area contributed by atoms with Gasteiger partial charge in [0, 0.05) is 26.9 Å². The van der Waals surface area contributed by atoms with E-state index in [4.69, 9.17) is 4.74 Å². The fraction of sp³-hybridized carbons (Fsp3) is 0.450. The summed E-state index contributed by atoms with van der Waals surface area (Å²) in [6.45, 7) is 7.08. The lowest BCUT2D eigenvalue weighted by Gasteiger charge is -2.26. The Morgan fingerprint density at radius 2 is 2.07 bits per heavy atom. The van der Waals surface area contributed by atoms with Gasteiger partial charge in [0.1, 0.15) is 6.10 Å². The molecule has 7 nitrogen and oxygen atoms in total. The third kappa shape index (κ3) is 4.30. The molecule has 1 aromatic carbocycles. The van der Waals surface area contributed by atoms with Crippen LogP contribution >= 0.6 is 0 Å². The van der Waals surface area contributed by atoms with Crippen molar-refractivity contribution in [1.29, 1.82) is 0 Å². The van der Waals surface area contributed by atoms with Gasteiger partial charge in [-0.15, -0.1) is 0 Å². The van der Waals surface area contributed by atoms with Crippen molar-refractivity contribution in [2.24, 2.45) is 0 Å². The Balaban J connectivity index is 1.71. The lowest BCUT2D eigenvalue weighted by atomic mass is 9.97. The topological polar surface area (TPSA) is 79.0 Å². The second-order valence-electron chi connectivity index (χ2n) is 7.00. The van der Waals surface area contributed by atoms with Crippen molar-refractivity contribution in [3.63, 3.8) is 0 Å². The van der Waals surface area contributed by atoms with Crippen molar-refractivity contribution in [3.05, 3.63) is 35.4 Å². The maximum absolute atomic E-state index is 12.2. The third-order valence-corrected chi connectivity index (χ3v) is 4.97. The number of amides is 3. The van der Waals surface area contributed by atoms with E-state index < -0.39 is 6.09 Å². The molecule has 3 rings (SSSR count). The predicted molar refractivity (Wildman–Crippen MR) is 102 cm³/mol. The molecule has 1 atom stereocenters. The van der Waals surface area contributed by atoms with Gasteiger partial charge >= 0.3 is 6.09 Å². The first-order chi connectivity index (χ1) is 12.8. The summed E-state index contributed by atoms with van der Waals surface area (Å²) in [5.74, 6) is -0.0488. The van der Waals surface area contributed by atoms with E-state index in [0.29, 0.717) is 19.6 Å². The second kappa shape index (κ2) is 7.82. The van der Waals surface area contributed by atoms with Crippen LogP contribution in [0.25, 0.3) is 5.57 Å². The Kier molecular flexibility index (Phi) is 5.48. The zero-order valence-electron chi connectivity index (χ0n) is 15.9. The molecule has 2 aliphatic rings. The maximum Gasteiger partial charge on any atom is 0.414 e. The van der Waals surface area contributed by atoms with E-state index in [0.717, 1.165) is 29.8 Å². The number of carbonyl (C=O) groups is 3. The number of ether oxygens (including phenoxy) is 1. The van der Waals surface area contributed by atoms with E-state index in [2.05, 4.69) is 17.5 Å². The molecule has 0 aromatic heterocycles. The first-order valence-electron chi connectivity index (χ1n) is 9.13. The van der Waals surface area contributed by atoms with Gasteiger partial charge in [0.15, 0.2) is 0 Å². The zero-order valence-corrected chi connectivity index (χ0v) is 15.9. The summed E-state index contributed by atoms with van der Waals surface area (Å²) in [6, 6.07) is 6.01. The molecule has 0 unspecified atom stereocenters. The van der Waals surface area contributed by atoms with Crippen LogP contribution < -0.4 is 10.2 Å². The summed E-state index contributed by atoms with van der Waals surface area (Å²) in [4.78, 5) is 38.1. The number of anilines is 1. The van der Waals surface area contributed by atoms with Gasteiger partial charge in [0.05, 0.1) is 18.8 Å². The predicted octanol–water partition coefficient (Wildman–Crippen LogP) is 2.09. The van der Waals surface area contributed by atoms with E-state index >= 15 is 0 Å². The molecular formula is C20H25N3O4. The molecule has 144 valence electrons. The quantitative estimate of drug-likeness (QED) is 0.879. The Bertz CT molecular complexity index is 802. The number of benzene rings is 1. The van der Waals surface area contributed by atoms with Crippen LogP contribution in [0.2, 0.25) is 0 Å².